The average molecular weight is 376 g/mol. The van der Waals surface area contributed by atoms with Crippen LogP contribution >= 0.6 is 0 Å². The summed E-state index contributed by atoms with van der Waals surface area (Å²) in [6.07, 6.45) is 1.46. The number of hydrogen-bond donors (Lipinski definition) is 0. The van der Waals surface area contributed by atoms with Gasteiger partial charge in [0.2, 0.25) is 0 Å². The van der Waals surface area contributed by atoms with Crippen LogP contribution in [0.2, 0.25) is 0 Å². The fraction of sp³-hybridized carbons (Fsp3) is 0.150. The lowest BCUT2D eigenvalue weighted by Gasteiger charge is -2.10. The monoisotopic (exact) mass is 376 g/mol. The van der Waals surface area contributed by atoms with E-state index in [4.69, 9.17) is 9.15 Å². The maximum Gasteiger partial charge on any atom is 0.338 e. The van der Waals surface area contributed by atoms with Crippen molar-refractivity contribution in [2.24, 2.45) is 0 Å². The Morgan fingerprint density at radius 1 is 1.14 bits per heavy atom. The normalized spacial score (nSPS) is 10.9. The number of rotatable bonds is 4. The number of tetrazole rings is 1. The van der Waals surface area contributed by atoms with Crippen LogP contribution in [0.4, 0.5) is 0 Å². The molecule has 0 aliphatic carbocycles. The van der Waals surface area contributed by atoms with Gasteiger partial charge in [0, 0.05) is 17.0 Å². The molecule has 0 amide bonds. The van der Waals surface area contributed by atoms with Crippen LogP contribution in [0.3, 0.4) is 0 Å². The molecule has 28 heavy (non-hydrogen) atoms. The topological polar surface area (TPSA) is 100 Å². The van der Waals surface area contributed by atoms with E-state index in [1.807, 2.05) is 26.0 Å². The molecule has 2 aromatic heterocycles. The van der Waals surface area contributed by atoms with E-state index in [9.17, 15) is 9.59 Å². The lowest BCUT2D eigenvalue weighted by Crippen LogP contribution is -2.08. The summed E-state index contributed by atoms with van der Waals surface area (Å²) in [5.74, 6) is -0.492. The van der Waals surface area contributed by atoms with Crippen molar-refractivity contribution >= 4 is 16.9 Å². The summed E-state index contributed by atoms with van der Waals surface area (Å²) in [4.78, 5) is 24.3. The number of hydrogen-bond acceptors (Lipinski definition) is 7. The lowest BCUT2D eigenvalue weighted by molar-refractivity contribution is 0.0474. The third-order valence-corrected chi connectivity index (χ3v) is 4.59. The summed E-state index contributed by atoms with van der Waals surface area (Å²) in [7, 11) is 0. The molecule has 0 saturated carbocycles. The third-order valence-electron chi connectivity index (χ3n) is 4.59. The van der Waals surface area contributed by atoms with Gasteiger partial charge in [0.15, 0.2) is 0 Å². The smallest absolute Gasteiger partial charge is 0.338 e. The quantitative estimate of drug-likeness (QED) is 0.399. The van der Waals surface area contributed by atoms with Gasteiger partial charge in [0.05, 0.1) is 11.3 Å². The molecule has 8 heteroatoms. The second kappa shape index (κ2) is 7.07. The zero-order chi connectivity index (χ0) is 19.7. The number of esters is 1. The van der Waals surface area contributed by atoms with Gasteiger partial charge in [-0.15, -0.1) is 5.10 Å². The molecule has 0 aliphatic heterocycles. The highest BCUT2D eigenvalue weighted by atomic mass is 16.5. The van der Waals surface area contributed by atoms with Crippen LogP contribution < -0.4 is 5.63 Å². The van der Waals surface area contributed by atoms with Crippen molar-refractivity contribution in [2.45, 2.75) is 20.5 Å². The van der Waals surface area contributed by atoms with E-state index >= 15 is 0 Å². The van der Waals surface area contributed by atoms with Crippen molar-refractivity contribution < 1.29 is 13.9 Å². The van der Waals surface area contributed by atoms with E-state index in [2.05, 4.69) is 15.5 Å². The molecule has 4 rings (SSSR count). The Labute approximate surface area is 159 Å². The first-order valence-electron chi connectivity index (χ1n) is 8.56. The van der Waals surface area contributed by atoms with Gasteiger partial charge in [0.25, 0.3) is 0 Å². The minimum absolute atomic E-state index is 0.0296. The average Bonchev–Trinajstić information content (AvgIpc) is 3.24. The molecule has 0 aliphatic rings. The number of ether oxygens (including phenoxy) is 1. The van der Waals surface area contributed by atoms with Gasteiger partial charge in [-0.25, -0.2) is 14.3 Å². The first kappa shape index (κ1) is 17.6. The van der Waals surface area contributed by atoms with E-state index < -0.39 is 11.6 Å². The van der Waals surface area contributed by atoms with E-state index in [0.29, 0.717) is 16.7 Å². The van der Waals surface area contributed by atoms with Gasteiger partial charge in [0.1, 0.15) is 18.5 Å². The van der Waals surface area contributed by atoms with Gasteiger partial charge in [-0.2, -0.15) is 0 Å². The molecule has 0 unspecified atom stereocenters. The van der Waals surface area contributed by atoms with Crippen LogP contribution in [0.5, 0.6) is 0 Å². The summed E-state index contributed by atoms with van der Waals surface area (Å²) in [6, 6.07) is 11.8. The summed E-state index contributed by atoms with van der Waals surface area (Å²) in [6.45, 7) is 3.81. The van der Waals surface area contributed by atoms with E-state index in [1.54, 1.807) is 24.3 Å². The van der Waals surface area contributed by atoms with Crippen molar-refractivity contribution in [1.29, 1.82) is 0 Å². The van der Waals surface area contributed by atoms with Crippen LogP contribution in [-0.2, 0) is 11.3 Å². The third kappa shape index (κ3) is 3.27. The maximum absolute atomic E-state index is 12.4. The maximum atomic E-state index is 12.4. The first-order chi connectivity index (χ1) is 13.5. The molecule has 0 N–H and O–H groups in total. The number of aromatic nitrogens is 4. The SMILES string of the molecule is Cc1ccc2c(COC(=O)c3ccc(-n4cnnn4)cc3)cc(=O)oc2c1C. The molecule has 0 bridgehead atoms. The lowest BCUT2D eigenvalue weighted by atomic mass is 10.0. The molecular weight excluding hydrogens is 360 g/mol. The minimum atomic E-state index is -0.492. The minimum Gasteiger partial charge on any atom is -0.457 e. The van der Waals surface area contributed by atoms with Gasteiger partial charge in [-0.3, -0.25) is 0 Å². The molecule has 0 fully saturated rings. The highest BCUT2D eigenvalue weighted by Crippen LogP contribution is 2.24. The molecule has 0 saturated heterocycles. The van der Waals surface area contributed by atoms with E-state index in [0.717, 1.165) is 22.2 Å². The highest BCUT2D eigenvalue weighted by molar-refractivity contribution is 5.90. The molecule has 2 aromatic carbocycles. The Kier molecular flexibility index (Phi) is 4.44. The summed E-state index contributed by atoms with van der Waals surface area (Å²) < 4.78 is 12.2. The Bertz CT molecular complexity index is 1210. The second-order valence-electron chi connectivity index (χ2n) is 6.35. The van der Waals surface area contributed by atoms with E-state index in [-0.39, 0.29) is 6.61 Å². The van der Waals surface area contributed by atoms with Crippen LogP contribution in [-0.4, -0.2) is 26.2 Å². The Morgan fingerprint density at radius 3 is 2.64 bits per heavy atom. The molecular formula is C20H16N4O4. The Balaban J connectivity index is 1.55. The van der Waals surface area contributed by atoms with Crippen LogP contribution in [0.15, 0.2) is 58.0 Å². The van der Waals surface area contributed by atoms with Crippen molar-refractivity contribution in [3.8, 4) is 5.69 Å². The fourth-order valence-electron chi connectivity index (χ4n) is 2.90. The number of benzene rings is 2. The van der Waals surface area contributed by atoms with Gasteiger partial charge in [-0.1, -0.05) is 12.1 Å². The molecule has 0 atom stereocenters. The highest BCUT2D eigenvalue weighted by Gasteiger charge is 2.13. The molecule has 140 valence electrons. The molecule has 0 spiro atoms. The van der Waals surface area contributed by atoms with Crippen molar-refractivity contribution in [3.63, 3.8) is 0 Å². The summed E-state index contributed by atoms with van der Waals surface area (Å²) >= 11 is 0. The number of carbonyl (C=O) groups is 1. The number of fused-ring (bicyclic) bond motifs is 1. The zero-order valence-corrected chi connectivity index (χ0v) is 15.2. The van der Waals surface area contributed by atoms with Gasteiger partial charge in [-0.05, 0) is 59.7 Å². The van der Waals surface area contributed by atoms with Crippen molar-refractivity contribution in [2.75, 3.05) is 0 Å². The number of carbonyl (C=O) groups excluding carboxylic acids is 1. The van der Waals surface area contributed by atoms with Gasteiger partial charge < -0.3 is 9.15 Å². The second-order valence-corrected chi connectivity index (χ2v) is 6.35. The van der Waals surface area contributed by atoms with Gasteiger partial charge >= 0.3 is 11.6 Å². The largest absolute Gasteiger partial charge is 0.457 e. The molecule has 8 nitrogen and oxygen atoms in total. The molecule has 4 aromatic rings. The van der Waals surface area contributed by atoms with Crippen molar-refractivity contribution in [3.05, 3.63) is 81.5 Å². The zero-order valence-electron chi connectivity index (χ0n) is 15.2. The Hall–Kier alpha value is -3.81. The fourth-order valence-corrected chi connectivity index (χ4v) is 2.90. The summed E-state index contributed by atoms with van der Waals surface area (Å²) in [5.41, 5.74) is 3.67. The standard InChI is InChI=1S/C20H16N4O4/c1-12-3-8-17-15(9-18(25)28-19(17)13(12)2)10-27-20(26)14-4-6-16(7-5-14)24-11-21-22-23-24/h3-9,11H,10H2,1-2H3. The predicted octanol–water partition coefficient (Wildman–Crippen LogP) is 2.74. The van der Waals surface area contributed by atoms with Crippen LogP contribution in [0, 0.1) is 13.8 Å². The first-order valence-corrected chi connectivity index (χ1v) is 8.56. The number of aryl methyl sites for hydroxylation is 2. The number of nitrogens with zero attached hydrogens (tertiary/aromatic N) is 4. The van der Waals surface area contributed by atoms with Crippen LogP contribution in [0.1, 0.15) is 27.0 Å². The summed E-state index contributed by atoms with van der Waals surface area (Å²) in [5, 5.41) is 11.7. The molecule has 2 heterocycles. The predicted molar refractivity (Wildman–Crippen MR) is 100 cm³/mol. The van der Waals surface area contributed by atoms with Crippen molar-refractivity contribution in [1.82, 2.24) is 20.2 Å². The van der Waals surface area contributed by atoms with Crippen LogP contribution in [0.25, 0.3) is 16.7 Å². The van der Waals surface area contributed by atoms with E-state index in [1.165, 1.54) is 17.1 Å². The Morgan fingerprint density at radius 2 is 1.93 bits per heavy atom. The molecule has 0 radical (unpaired) electrons.